The van der Waals surface area contributed by atoms with E-state index in [0.717, 1.165) is 58.1 Å². The molecule has 0 bridgehead atoms. The van der Waals surface area contributed by atoms with E-state index in [9.17, 15) is 4.79 Å². The van der Waals surface area contributed by atoms with Crippen molar-refractivity contribution in [3.05, 3.63) is 0 Å². The van der Waals surface area contributed by atoms with Gasteiger partial charge in [-0.15, -0.1) is 0 Å². The number of guanidine groups is 1. The number of aliphatic imine (C=N–C) groups is 1. The third-order valence-electron chi connectivity index (χ3n) is 5.22. The van der Waals surface area contributed by atoms with Crippen LogP contribution in [-0.2, 0) is 9.53 Å². The van der Waals surface area contributed by atoms with Gasteiger partial charge in [-0.25, -0.2) is 0 Å². The molecule has 24 heavy (non-hydrogen) atoms. The lowest BCUT2D eigenvalue weighted by atomic mass is 9.89. The SMILES string of the molecule is CCNC(=NCC1(N(C)C)CCOCC1)NC1CCC(=O)N(C)C1. The molecule has 2 heterocycles. The number of ether oxygens (including phenoxy) is 1. The minimum Gasteiger partial charge on any atom is -0.381 e. The lowest BCUT2D eigenvalue weighted by molar-refractivity contribution is -0.132. The van der Waals surface area contributed by atoms with Gasteiger partial charge in [-0.2, -0.15) is 0 Å². The van der Waals surface area contributed by atoms with Gasteiger partial charge < -0.3 is 25.2 Å². The maximum absolute atomic E-state index is 11.6. The number of hydrogen-bond acceptors (Lipinski definition) is 4. The Morgan fingerprint density at radius 1 is 1.42 bits per heavy atom. The molecule has 2 saturated heterocycles. The minimum atomic E-state index is 0.0694. The average Bonchev–Trinajstić information content (AvgIpc) is 2.57. The number of likely N-dealkylation sites (N-methyl/N-ethyl adjacent to an activating group) is 2. The van der Waals surface area contributed by atoms with Crippen LogP contribution in [0.4, 0.5) is 0 Å². The molecule has 0 aromatic carbocycles. The van der Waals surface area contributed by atoms with E-state index in [1.54, 1.807) is 4.90 Å². The first-order valence-corrected chi connectivity index (χ1v) is 9.01. The number of nitrogens with zero attached hydrogens (tertiary/aromatic N) is 3. The summed E-state index contributed by atoms with van der Waals surface area (Å²) in [6, 6.07) is 0.260. The Bertz CT molecular complexity index is 446. The van der Waals surface area contributed by atoms with Gasteiger partial charge >= 0.3 is 0 Å². The Morgan fingerprint density at radius 2 is 2.12 bits per heavy atom. The molecule has 2 N–H and O–H groups in total. The van der Waals surface area contributed by atoms with Crippen molar-refractivity contribution in [2.75, 3.05) is 54.0 Å². The third-order valence-corrected chi connectivity index (χ3v) is 5.22. The van der Waals surface area contributed by atoms with Crippen molar-refractivity contribution >= 4 is 11.9 Å². The number of amides is 1. The molecule has 0 aliphatic carbocycles. The molecule has 2 rings (SSSR count). The molecule has 1 amide bonds. The quantitative estimate of drug-likeness (QED) is 0.556. The number of likely N-dealkylation sites (tertiary alicyclic amines) is 1. The molecule has 1 unspecified atom stereocenters. The van der Waals surface area contributed by atoms with E-state index in [4.69, 9.17) is 9.73 Å². The Hall–Kier alpha value is -1.34. The maximum Gasteiger partial charge on any atom is 0.222 e. The van der Waals surface area contributed by atoms with E-state index in [-0.39, 0.29) is 17.5 Å². The number of nitrogens with one attached hydrogen (secondary N) is 2. The molecular weight excluding hydrogens is 306 g/mol. The van der Waals surface area contributed by atoms with Crippen LogP contribution in [0.15, 0.2) is 4.99 Å². The summed E-state index contributed by atoms with van der Waals surface area (Å²) in [6.07, 6.45) is 3.47. The first kappa shape index (κ1) is 19.0. The van der Waals surface area contributed by atoms with Gasteiger partial charge in [-0.1, -0.05) is 0 Å². The second-order valence-corrected chi connectivity index (χ2v) is 7.08. The van der Waals surface area contributed by atoms with Crippen molar-refractivity contribution in [1.29, 1.82) is 0 Å². The van der Waals surface area contributed by atoms with Crippen LogP contribution < -0.4 is 10.6 Å². The molecule has 0 radical (unpaired) electrons. The second-order valence-electron chi connectivity index (χ2n) is 7.08. The Labute approximate surface area is 145 Å². The summed E-state index contributed by atoms with van der Waals surface area (Å²) in [5.41, 5.74) is 0.0694. The second kappa shape index (κ2) is 8.67. The van der Waals surface area contributed by atoms with Crippen LogP contribution in [0.5, 0.6) is 0 Å². The topological polar surface area (TPSA) is 69.2 Å². The highest BCUT2D eigenvalue weighted by atomic mass is 16.5. The molecule has 7 heteroatoms. The summed E-state index contributed by atoms with van der Waals surface area (Å²) in [6.45, 7) is 5.98. The molecule has 2 aliphatic heterocycles. The highest BCUT2D eigenvalue weighted by molar-refractivity contribution is 5.81. The Morgan fingerprint density at radius 3 is 2.71 bits per heavy atom. The van der Waals surface area contributed by atoms with Gasteiger partial charge in [0.05, 0.1) is 6.54 Å². The fraction of sp³-hybridized carbons (Fsp3) is 0.882. The van der Waals surface area contributed by atoms with E-state index in [1.807, 2.05) is 7.05 Å². The molecule has 2 fully saturated rings. The van der Waals surface area contributed by atoms with Gasteiger partial charge in [0, 0.05) is 51.4 Å². The molecule has 1 atom stereocenters. The Kier molecular flexibility index (Phi) is 6.86. The number of rotatable bonds is 5. The normalized spacial score (nSPS) is 25.0. The van der Waals surface area contributed by atoms with Crippen molar-refractivity contribution < 1.29 is 9.53 Å². The smallest absolute Gasteiger partial charge is 0.222 e. The zero-order chi connectivity index (χ0) is 17.6. The minimum absolute atomic E-state index is 0.0694. The van der Waals surface area contributed by atoms with Crippen LogP contribution in [-0.4, -0.2) is 87.2 Å². The molecule has 0 saturated carbocycles. The predicted molar refractivity (Wildman–Crippen MR) is 96.2 cm³/mol. The van der Waals surface area contributed by atoms with Gasteiger partial charge in [0.25, 0.3) is 0 Å². The van der Waals surface area contributed by atoms with Crippen LogP contribution >= 0.6 is 0 Å². The first-order chi connectivity index (χ1) is 11.5. The lowest BCUT2D eigenvalue weighted by Gasteiger charge is -2.42. The van der Waals surface area contributed by atoms with Crippen molar-refractivity contribution in [2.45, 2.75) is 44.2 Å². The molecule has 7 nitrogen and oxygen atoms in total. The van der Waals surface area contributed by atoms with E-state index in [0.29, 0.717) is 6.42 Å². The molecule has 0 aromatic rings. The summed E-state index contributed by atoms with van der Waals surface area (Å²) in [5.74, 6) is 1.07. The number of piperidine rings is 1. The maximum atomic E-state index is 11.6. The molecule has 2 aliphatic rings. The summed E-state index contributed by atoms with van der Waals surface area (Å²) in [4.78, 5) is 20.6. The van der Waals surface area contributed by atoms with E-state index >= 15 is 0 Å². The first-order valence-electron chi connectivity index (χ1n) is 9.01. The van der Waals surface area contributed by atoms with Crippen molar-refractivity contribution in [2.24, 2.45) is 4.99 Å². The average molecular weight is 339 g/mol. The van der Waals surface area contributed by atoms with Crippen LogP contribution in [0.25, 0.3) is 0 Å². The van der Waals surface area contributed by atoms with E-state index in [2.05, 4.69) is 36.6 Å². The van der Waals surface area contributed by atoms with Gasteiger partial charge in [0.15, 0.2) is 5.96 Å². The van der Waals surface area contributed by atoms with Crippen LogP contribution in [0.1, 0.15) is 32.6 Å². The molecule has 0 spiro atoms. The fourth-order valence-corrected chi connectivity index (χ4v) is 3.37. The van der Waals surface area contributed by atoms with Crippen molar-refractivity contribution in [3.8, 4) is 0 Å². The Balaban J connectivity index is 2.00. The van der Waals surface area contributed by atoms with Crippen molar-refractivity contribution in [1.82, 2.24) is 20.4 Å². The van der Waals surface area contributed by atoms with Gasteiger partial charge in [0.1, 0.15) is 0 Å². The van der Waals surface area contributed by atoms with Crippen LogP contribution in [0, 0.1) is 0 Å². The van der Waals surface area contributed by atoms with E-state index in [1.165, 1.54) is 0 Å². The summed E-state index contributed by atoms with van der Waals surface area (Å²) in [7, 11) is 6.12. The predicted octanol–water partition coefficient (Wildman–Crippen LogP) is 0.273. The third kappa shape index (κ3) is 4.83. The number of carbonyl (C=O) groups excluding carboxylic acids is 1. The van der Waals surface area contributed by atoms with Gasteiger partial charge in [-0.3, -0.25) is 9.79 Å². The monoisotopic (exact) mass is 339 g/mol. The highest BCUT2D eigenvalue weighted by Crippen LogP contribution is 2.26. The van der Waals surface area contributed by atoms with Gasteiger partial charge in [-0.05, 0) is 40.3 Å². The van der Waals surface area contributed by atoms with Crippen molar-refractivity contribution in [3.63, 3.8) is 0 Å². The summed E-state index contributed by atoms with van der Waals surface area (Å²) >= 11 is 0. The highest BCUT2D eigenvalue weighted by Gasteiger charge is 2.34. The fourth-order valence-electron chi connectivity index (χ4n) is 3.37. The van der Waals surface area contributed by atoms with Crippen LogP contribution in [0.2, 0.25) is 0 Å². The standard InChI is InChI=1S/C17H33N5O2/c1-5-18-16(20-14-6-7-15(23)22(4)12-14)19-13-17(21(2)3)8-10-24-11-9-17/h14H,5-13H2,1-4H3,(H2,18,19,20). The van der Waals surface area contributed by atoms with Gasteiger partial charge in [0.2, 0.25) is 5.91 Å². The van der Waals surface area contributed by atoms with E-state index < -0.39 is 0 Å². The number of carbonyl (C=O) groups is 1. The zero-order valence-corrected chi connectivity index (χ0v) is 15.6. The largest absolute Gasteiger partial charge is 0.381 e. The molecule has 0 aromatic heterocycles. The lowest BCUT2D eigenvalue weighted by Crippen LogP contribution is -2.54. The molecular formula is C17H33N5O2. The van der Waals surface area contributed by atoms with Crippen LogP contribution in [0.3, 0.4) is 0 Å². The zero-order valence-electron chi connectivity index (χ0n) is 15.6. The number of hydrogen-bond donors (Lipinski definition) is 2. The summed E-state index contributed by atoms with van der Waals surface area (Å²) < 4.78 is 5.53. The molecule has 138 valence electrons. The summed E-state index contributed by atoms with van der Waals surface area (Å²) in [5, 5.41) is 6.84.